The molecule has 144 valence electrons. The predicted molar refractivity (Wildman–Crippen MR) is 102 cm³/mol. The number of β-amino-alcohol motifs (C(OH)–C–C–N with tert-alkyl or cyclic N) is 1. The molecule has 2 aliphatic rings. The molecule has 1 aromatic carbocycles. The van der Waals surface area contributed by atoms with Crippen molar-refractivity contribution in [2.24, 2.45) is 0 Å². The molecular formula is C21H32N2O3. The minimum atomic E-state index is -1.29. The second-order valence-corrected chi connectivity index (χ2v) is 8.27. The Hall–Kier alpha value is -1.43. The Kier molecular flexibility index (Phi) is 6.00. The summed E-state index contributed by atoms with van der Waals surface area (Å²) in [6.07, 6.45) is 2.54. The molecule has 3 rings (SSSR count). The molecule has 2 fully saturated rings. The molecule has 0 aliphatic carbocycles. The Balaban J connectivity index is 1.63. The fourth-order valence-electron chi connectivity index (χ4n) is 4.04. The van der Waals surface area contributed by atoms with E-state index >= 15 is 0 Å². The molecule has 2 saturated heterocycles. The third kappa shape index (κ3) is 4.45. The van der Waals surface area contributed by atoms with Gasteiger partial charge in [-0.3, -0.25) is 9.69 Å². The van der Waals surface area contributed by atoms with Crippen LogP contribution in [-0.4, -0.2) is 63.8 Å². The molecule has 0 bridgehead atoms. The highest BCUT2D eigenvalue weighted by Crippen LogP contribution is 2.27. The molecule has 0 aromatic heterocycles. The van der Waals surface area contributed by atoms with E-state index in [1.807, 2.05) is 0 Å². The Bertz CT molecular complexity index is 608. The fraction of sp³-hybridized carbons (Fsp3) is 0.667. The number of nitrogens with zero attached hydrogens (tertiary/aromatic N) is 2. The molecule has 2 N–H and O–H groups in total. The van der Waals surface area contributed by atoms with Gasteiger partial charge in [0.05, 0.1) is 6.10 Å². The van der Waals surface area contributed by atoms with Crippen LogP contribution >= 0.6 is 0 Å². The van der Waals surface area contributed by atoms with Crippen molar-refractivity contribution in [1.29, 1.82) is 0 Å². The highest BCUT2D eigenvalue weighted by Gasteiger charge is 2.43. The van der Waals surface area contributed by atoms with E-state index in [-0.39, 0.29) is 12.0 Å². The van der Waals surface area contributed by atoms with E-state index < -0.39 is 5.60 Å². The summed E-state index contributed by atoms with van der Waals surface area (Å²) in [5.74, 6) is 0.344. The third-order valence-electron chi connectivity index (χ3n) is 5.77. The third-order valence-corrected chi connectivity index (χ3v) is 5.77. The Morgan fingerprint density at radius 2 is 1.81 bits per heavy atom. The molecular weight excluding hydrogens is 328 g/mol. The predicted octanol–water partition coefficient (Wildman–Crippen LogP) is 2.12. The Labute approximate surface area is 156 Å². The maximum atomic E-state index is 13.0. The van der Waals surface area contributed by atoms with E-state index in [4.69, 9.17) is 0 Å². The summed E-state index contributed by atoms with van der Waals surface area (Å²) >= 11 is 0. The van der Waals surface area contributed by atoms with Crippen LogP contribution in [0.4, 0.5) is 0 Å². The van der Waals surface area contributed by atoms with E-state index in [2.05, 4.69) is 43.0 Å². The fourth-order valence-corrected chi connectivity index (χ4v) is 4.04. The molecule has 1 aromatic rings. The molecule has 2 heterocycles. The summed E-state index contributed by atoms with van der Waals surface area (Å²) in [6, 6.07) is 8.42. The molecule has 0 spiro atoms. The number of hydrogen-bond acceptors (Lipinski definition) is 4. The van der Waals surface area contributed by atoms with Gasteiger partial charge in [0.15, 0.2) is 5.60 Å². The highest BCUT2D eigenvalue weighted by molar-refractivity contribution is 5.86. The van der Waals surface area contributed by atoms with Crippen LogP contribution in [0.5, 0.6) is 0 Å². The number of likely N-dealkylation sites (tertiary alicyclic amines) is 2. The molecule has 0 unspecified atom stereocenters. The molecule has 1 amide bonds. The van der Waals surface area contributed by atoms with E-state index in [0.717, 1.165) is 37.9 Å². The lowest BCUT2D eigenvalue weighted by Gasteiger charge is -2.42. The van der Waals surface area contributed by atoms with Gasteiger partial charge in [-0.25, -0.2) is 0 Å². The molecule has 0 saturated carbocycles. The standard InChI is InChI=1S/C21H32N2O3/c1-16(2)18-6-4-17(5-7-18)14-23-11-3-10-21(26,20(23)25)15-22-12-8-19(24)9-13-22/h4-7,16,19,24,26H,3,8-15H2,1-2H3/t21-/m1/s1. The summed E-state index contributed by atoms with van der Waals surface area (Å²) in [5, 5.41) is 20.7. The number of carbonyl (C=O) groups is 1. The number of amides is 1. The quantitative estimate of drug-likeness (QED) is 0.844. The van der Waals surface area contributed by atoms with Gasteiger partial charge < -0.3 is 15.1 Å². The molecule has 5 heteroatoms. The number of rotatable bonds is 5. The minimum Gasteiger partial charge on any atom is -0.393 e. The summed E-state index contributed by atoms with van der Waals surface area (Å²) in [4.78, 5) is 16.9. The number of hydrogen-bond donors (Lipinski definition) is 2. The molecule has 5 nitrogen and oxygen atoms in total. The van der Waals surface area contributed by atoms with Gasteiger partial charge in [-0.1, -0.05) is 38.1 Å². The van der Waals surface area contributed by atoms with Crippen LogP contribution in [0.1, 0.15) is 56.6 Å². The second kappa shape index (κ2) is 8.07. The summed E-state index contributed by atoms with van der Waals surface area (Å²) in [5.41, 5.74) is 1.11. The van der Waals surface area contributed by atoms with E-state index in [1.165, 1.54) is 5.56 Å². The average molecular weight is 360 g/mol. The van der Waals surface area contributed by atoms with Crippen LogP contribution < -0.4 is 0 Å². The minimum absolute atomic E-state index is 0.150. The van der Waals surface area contributed by atoms with Crippen molar-refractivity contribution in [2.45, 2.75) is 63.7 Å². The molecule has 26 heavy (non-hydrogen) atoms. The van der Waals surface area contributed by atoms with E-state index in [0.29, 0.717) is 32.0 Å². The maximum Gasteiger partial charge on any atom is 0.256 e. The van der Waals surface area contributed by atoms with Gasteiger partial charge in [0.1, 0.15) is 0 Å². The van der Waals surface area contributed by atoms with Crippen LogP contribution in [0.3, 0.4) is 0 Å². The summed E-state index contributed by atoms with van der Waals surface area (Å²) < 4.78 is 0. The van der Waals surface area contributed by atoms with Crippen LogP contribution in [0.2, 0.25) is 0 Å². The molecule has 0 radical (unpaired) electrons. The van der Waals surface area contributed by atoms with Crippen molar-refractivity contribution >= 4 is 5.91 Å². The maximum absolute atomic E-state index is 13.0. The van der Waals surface area contributed by atoms with Crippen LogP contribution in [0.15, 0.2) is 24.3 Å². The van der Waals surface area contributed by atoms with Crippen molar-refractivity contribution in [2.75, 3.05) is 26.2 Å². The number of carbonyl (C=O) groups excluding carboxylic acids is 1. The Morgan fingerprint density at radius 1 is 1.15 bits per heavy atom. The monoisotopic (exact) mass is 360 g/mol. The van der Waals surface area contributed by atoms with Gasteiger partial charge in [0.25, 0.3) is 5.91 Å². The number of piperidine rings is 2. The summed E-state index contributed by atoms with van der Waals surface area (Å²) in [6.45, 7) is 7.46. The van der Waals surface area contributed by atoms with Crippen LogP contribution in [-0.2, 0) is 11.3 Å². The van der Waals surface area contributed by atoms with Crippen LogP contribution in [0, 0.1) is 0 Å². The van der Waals surface area contributed by atoms with Gasteiger partial charge in [-0.15, -0.1) is 0 Å². The average Bonchev–Trinajstić information content (AvgIpc) is 2.62. The zero-order valence-corrected chi connectivity index (χ0v) is 16.0. The lowest BCUT2D eigenvalue weighted by atomic mass is 9.90. The van der Waals surface area contributed by atoms with E-state index in [1.54, 1.807) is 4.90 Å². The second-order valence-electron chi connectivity index (χ2n) is 8.27. The van der Waals surface area contributed by atoms with Gasteiger partial charge in [0, 0.05) is 32.7 Å². The van der Waals surface area contributed by atoms with Gasteiger partial charge in [-0.2, -0.15) is 0 Å². The van der Waals surface area contributed by atoms with Gasteiger partial charge in [-0.05, 0) is 42.7 Å². The van der Waals surface area contributed by atoms with Gasteiger partial charge >= 0.3 is 0 Å². The summed E-state index contributed by atoms with van der Waals surface area (Å²) in [7, 11) is 0. The van der Waals surface area contributed by atoms with Crippen molar-refractivity contribution in [3.63, 3.8) is 0 Å². The zero-order chi connectivity index (χ0) is 18.7. The smallest absolute Gasteiger partial charge is 0.256 e. The number of aliphatic hydroxyl groups excluding tert-OH is 1. The Morgan fingerprint density at radius 3 is 2.42 bits per heavy atom. The van der Waals surface area contributed by atoms with Crippen molar-refractivity contribution in [3.05, 3.63) is 35.4 Å². The van der Waals surface area contributed by atoms with Crippen molar-refractivity contribution in [1.82, 2.24) is 9.80 Å². The van der Waals surface area contributed by atoms with E-state index in [9.17, 15) is 15.0 Å². The first-order valence-electron chi connectivity index (χ1n) is 9.88. The van der Waals surface area contributed by atoms with Crippen LogP contribution in [0.25, 0.3) is 0 Å². The van der Waals surface area contributed by atoms with Gasteiger partial charge in [0.2, 0.25) is 0 Å². The zero-order valence-electron chi connectivity index (χ0n) is 16.0. The lowest BCUT2D eigenvalue weighted by molar-refractivity contribution is -0.160. The SMILES string of the molecule is CC(C)c1ccc(CN2CCC[C@@](O)(CN3CCC(O)CC3)C2=O)cc1. The lowest BCUT2D eigenvalue weighted by Crippen LogP contribution is -2.59. The highest BCUT2D eigenvalue weighted by atomic mass is 16.3. The first-order valence-corrected chi connectivity index (χ1v) is 9.88. The number of aliphatic hydroxyl groups is 2. The topological polar surface area (TPSA) is 64.0 Å². The number of benzene rings is 1. The van der Waals surface area contributed by atoms with Crippen molar-refractivity contribution < 1.29 is 15.0 Å². The van der Waals surface area contributed by atoms with Crippen molar-refractivity contribution in [3.8, 4) is 0 Å². The first-order chi connectivity index (χ1) is 12.4. The normalized spacial score (nSPS) is 25.9. The largest absolute Gasteiger partial charge is 0.393 e. The molecule has 1 atom stereocenters. The first kappa shape index (κ1) is 19.3. The molecule has 2 aliphatic heterocycles.